The minimum absolute atomic E-state index is 1.04. The monoisotopic (exact) mass is 534 g/mol. The summed E-state index contributed by atoms with van der Waals surface area (Å²) in [5, 5.41) is 0. The molecule has 0 nitrogen and oxygen atoms in total. The van der Waals surface area contributed by atoms with Crippen molar-refractivity contribution >= 4 is 22.6 Å². The van der Waals surface area contributed by atoms with Crippen molar-refractivity contribution in [2.24, 2.45) is 5.92 Å². The SMILES string of the molecule is CCCCCCCCCCCCC(CCCCCCI)CCCCCCCCCC. The van der Waals surface area contributed by atoms with E-state index in [1.165, 1.54) is 165 Å². The van der Waals surface area contributed by atoms with Crippen molar-refractivity contribution in [2.45, 2.75) is 174 Å². The van der Waals surface area contributed by atoms with Gasteiger partial charge in [-0.2, -0.15) is 0 Å². The molecule has 0 aliphatic rings. The van der Waals surface area contributed by atoms with Crippen LogP contribution in [-0.2, 0) is 0 Å². The van der Waals surface area contributed by atoms with Crippen molar-refractivity contribution < 1.29 is 0 Å². The fraction of sp³-hybridized carbons (Fsp3) is 1.00. The minimum atomic E-state index is 1.04. The first-order valence-corrected chi connectivity index (χ1v) is 15.9. The van der Waals surface area contributed by atoms with Crippen LogP contribution >= 0.6 is 22.6 Å². The quantitative estimate of drug-likeness (QED) is 0.0588. The molecule has 0 N–H and O–H groups in total. The van der Waals surface area contributed by atoms with E-state index in [1.807, 2.05) is 0 Å². The zero-order chi connectivity index (χ0) is 22.0. The van der Waals surface area contributed by atoms with E-state index in [4.69, 9.17) is 0 Å². The molecule has 30 heavy (non-hydrogen) atoms. The predicted molar refractivity (Wildman–Crippen MR) is 149 cm³/mol. The third-order valence-electron chi connectivity index (χ3n) is 6.93. The molecule has 0 fully saturated rings. The fourth-order valence-corrected chi connectivity index (χ4v) is 5.34. The van der Waals surface area contributed by atoms with Crippen molar-refractivity contribution in [2.75, 3.05) is 4.43 Å². The summed E-state index contributed by atoms with van der Waals surface area (Å²) >= 11 is 2.53. The first-order chi connectivity index (χ1) is 14.8. The predicted octanol–water partition coefficient (Wildman–Crippen LogP) is 11.8. The van der Waals surface area contributed by atoms with Gasteiger partial charge < -0.3 is 0 Å². The van der Waals surface area contributed by atoms with Gasteiger partial charge in [0.1, 0.15) is 0 Å². The molecule has 0 aromatic rings. The van der Waals surface area contributed by atoms with Crippen molar-refractivity contribution in [3.63, 3.8) is 0 Å². The van der Waals surface area contributed by atoms with Gasteiger partial charge in [0.15, 0.2) is 0 Å². The van der Waals surface area contributed by atoms with Gasteiger partial charge in [-0.15, -0.1) is 0 Å². The lowest BCUT2D eigenvalue weighted by molar-refractivity contribution is 0.366. The van der Waals surface area contributed by atoms with Crippen LogP contribution in [0.3, 0.4) is 0 Å². The Kier molecular flexibility index (Phi) is 28.4. The van der Waals surface area contributed by atoms with Gasteiger partial charge in [-0.05, 0) is 16.8 Å². The Morgan fingerprint density at radius 2 is 0.633 bits per heavy atom. The normalized spacial score (nSPS) is 12.5. The maximum absolute atomic E-state index is 2.53. The number of alkyl halides is 1. The molecule has 0 bridgehead atoms. The van der Waals surface area contributed by atoms with Gasteiger partial charge >= 0.3 is 0 Å². The number of rotatable bonds is 26. The van der Waals surface area contributed by atoms with Crippen LogP contribution in [0.2, 0.25) is 0 Å². The Bertz CT molecular complexity index is 288. The molecule has 0 saturated heterocycles. The molecular weight excluding hydrogens is 475 g/mol. The second-order valence-electron chi connectivity index (χ2n) is 9.99. The van der Waals surface area contributed by atoms with Gasteiger partial charge in [-0.1, -0.05) is 191 Å². The van der Waals surface area contributed by atoms with Crippen LogP contribution in [0.25, 0.3) is 0 Å². The van der Waals surface area contributed by atoms with E-state index >= 15 is 0 Å². The Balaban J connectivity index is 3.74. The van der Waals surface area contributed by atoms with Crippen LogP contribution in [0, 0.1) is 5.92 Å². The summed E-state index contributed by atoms with van der Waals surface area (Å²) in [5.41, 5.74) is 0. The van der Waals surface area contributed by atoms with Gasteiger partial charge in [0.05, 0.1) is 0 Å². The lowest BCUT2D eigenvalue weighted by atomic mass is 9.89. The lowest BCUT2D eigenvalue weighted by Crippen LogP contribution is -2.01. The molecule has 0 aromatic heterocycles. The third-order valence-corrected chi connectivity index (χ3v) is 7.69. The molecule has 1 atom stereocenters. The standard InChI is InChI=1S/C29H59I/c1-3-5-7-9-11-13-14-16-18-22-26-29(27-23-19-20-24-28-30)25-21-17-15-12-10-8-6-4-2/h29H,3-28H2,1-2H3. The van der Waals surface area contributed by atoms with E-state index in [9.17, 15) is 0 Å². The van der Waals surface area contributed by atoms with Crippen molar-refractivity contribution in [3.8, 4) is 0 Å². The molecule has 0 rings (SSSR count). The molecular formula is C29H59I. The third kappa shape index (κ3) is 25.0. The second kappa shape index (κ2) is 27.8. The Morgan fingerprint density at radius 1 is 0.367 bits per heavy atom. The van der Waals surface area contributed by atoms with E-state index in [2.05, 4.69) is 36.4 Å². The zero-order valence-electron chi connectivity index (χ0n) is 21.3. The molecule has 0 aliphatic carbocycles. The molecule has 0 radical (unpaired) electrons. The summed E-state index contributed by atoms with van der Waals surface area (Å²) in [4.78, 5) is 0. The average molecular weight is 535 g/mol. The molecule has 0 amide bonds. The highest BCUT2D eigenvalue weighted by Gasteiger charge is 2.08. The summed E-state index contributed by atoms with van der Waals surface area (Å²) in [6.07, 6.45) is 36.9. The van der Waals surface area contributed by atoms with Crippen LogP contribution in [0.5, 0.6) is 0 Å². The highest BCUT2D eigenvalue weighted by Crippen LogP contribution is 2.25. The molecule has 0 heterocycles. The highest BCUT2D eigenvalue weighted by molar-refractivity contribution is 14.1. The highest BCUT2D eigenvalue weighted by atomic mass is 127. The van der Waals surface area contributed by atoms with Crippen LogP contribution < -0.4 is 0 Å². The van der Waals surface area contributed by atoms with Crippen LogP contribution in [0.15, 0.2) is 0 Å². The van der Waals surface area contributed by atoms with Gasteiger partial charge in [0, 0.05) is 0 Å². The van der Waals surface area contributed by atoms with Gasteiger partial charge in [-0.25, -0.2) is 0 Å². The van der Waals surface area contributed by atoms with E-state index in [0.29, 0.717) is 0 Å². The Hall–Kier alpha value is 0.730. The second-order valence-corrected chi connectivity index (χ2v) is 11.1. The molecule has 1 unspecified atom stereocenters. The van der Waals surface area contributed by atoms with E-state index in [1.54, 1.807) is 0 Å². The smallest absolute Gasteiger partial charge is 0.000473 e. The Labute approximate surface area is 206 Å². The molecule has 0 aromatic carbocycles. The van der Waals surface area contributed by atoms with E-state index in [-0.39, 0.29) is 0 Å². The maximum atomic E-state index is 2.53. The minimum Gasteiger partial charge on any atom is -0.0864 e. The first-order valence-electron chi connectivity index (χ1n) is 14.4. The van der Waals surface area contributed by atoms with E-state index in [0.717, 1.165) is 5.92 Å². The largest absolute Gasteiger partial charge is 0.0864 e. The summed E-state index contributed by atoms with van der Waals surface area (Å²) in [6.45, 7) is 4.63. The van der Waals surface area contributed by atoms with Crippen LogP contribution in [0.1, 0.15) is 174 Å². The van der Waals surface area contributed by atoms with E-state index < -0.39 is 0 Å². The van der Waals surface area contributed by atoms with Crippen molar-refractivity contribution in [1.82, 2.24) is 0 Å². The molecule has 0 spiro atoms. The van der Waals surface area contributed by atoms with Crippen LogP contribution in [0.4, 0.5) is 0 Å². The number of hydrogen-bond acceptors (Lipinski definition) is 0. The number of halogens is 1. The molecule has 182 valence electrons. The van der Waals surface area contributed by atoms with Crippen molar-refractivity contribution in [1.29, 1.82) is 0 Å². The zero-order valence-corrected chi connectivity index (χ0v) is 23.5. The summed E-state index contributed by atoms with van der Waals surface area (Å²) < 4.78 is 1.35. The molecule has 0 aliphatic heterocycles. The topological polar surface area (TPSA) is 0 Å². The maximum Gasteiger partial charge on any atom is -0.000473 e. The van der Waals surface area contributed by atoms with Gasteiger partial charge in [0.2, 0.25) is 0 Å². The molecule has 0 saturated carbocycles. The molecule has 1 heteroatoms. The number of unbranched alkanes of at least 4 members (excludes halogenated alkanes) is 19. The number of hydrogen-bond donors (Lipinski definition) is 0. The van der Waals surface area contributed by atoms with Crippen molar-refractivity contribution in [3.05, 3.63) is 0 Å². The fourth-order valence-electron chi connectivity index (χ4n) is 4.80. The van der Waals surface area contributed by atoms with Gasteiger partial charge in [0.25, 0.3) is 0 Å². The summed E-state index contributed by atoms with van der Waals surface area (Å²) in [5.74, 6) is 1.04. The Morgan fingerprint density at radius 3 is 0.933 bits per heavy atom. The first kappa shape index (κ1) is 30.7. The summed E-state index contributed by atoms with van der Waals surface area (Å²) in [6, 6.07) is 0. The average Bonchev–Trinajstić information content (AvgIpc) is 2.76. The summed E-state index contributed by atoms with van der Waals surface area (Å²) in [7, 11) is 0. The van der Waals surface area contributed by atoms with Crippen LogP contribution in [-0.4, -0.2) is 4.43 Å². The van der Waals surface area contributed by atoms with Gasteiger partial charge in [-0.3, -0.25) is 0 Å². The lowest BCUT2D eigenvalue weighted by Gasteiger charge is -2.17.